The second-order valence-corrected chi connectivity index (χ2v) is 6.51. The molecule has 6 heteroatoms. The number of carbonyl (C=O) groups excluding carboxylic acids is 1. The maximum atomic E-state index is 12.1. The van der Waals surface area contributed by atoms with E-state index in [1.54, 1.807) is 11.3 Å². The molecule has 1 aromatic rings. The Labute approximate surface area is 130 Å². The minimum atomic E-state index is 0.146. The van der Waals surface area contributed by atoms with E-state index in [2.05, 4.69) is 15.2 Å². The van der Waals surface area contributed by atoms with Crippen molar-refractivity contribution in [1.82, 2.24) is 10.3 Å². The second kappa shape index (κ2) is 8.34. The highest BCUT2D eigenvalue weighted by Crippen LogP contribution is 2.24. The molecule has 0 radical (unpaired) electrons. The lowest BCUT2D eigenvalue weighted by Gasteiger charge is -2.31. The summed E-state index contributed by atoms with van der Waals surface area (Å²) in [5.74, 6) is 0.338. The molecule has 1 fully saturated rings. The second-order valence-electron chi connectivity index (χ2n) is 5.64. The summed E-state index contributed by atoms with van der Waals surface area (Å²) in [7, 11) is 0. The Balaban J connectivity index is 1.62. The normalized spacial score (nSPS) is 16.4. The van der Waals surface area contributed by atoms with Gasteiger partial charge in [-0.05, 0) is 33.1 Å². The van der Waals surface area contributed by atoms with Crippen molar-refractivity contribution < 1.29 is 9.53 Å². The van der Waals surface area contributed by atoms with Crippen molar-refractivity contribution >= 4 is 22.4 Å². The third kappa shape index (κ3) is 5.28. The Kier molecular flexibility index (Phi) is 6.45. The first-order chi connectivity index (χ1) is 10.2. The van der Waals surface area contributed by atoms with Crippen LogP contribution in [0.1, 0.15) is 33.1 Å². The van der Waals surface area contributed by atoms with Crippen LogP contribution in [0.15, 0.2) is 11.6 Å². The molecule has 2 rings (SSSR count). The molecule has 1 aliphatic rings. The number of amides is 1. The van der Waals surface area contributed by atoms with Crippen LogP contribution in [-0.2, 0) is 9.53 Å². The van der Waals surface area contributed by atoms with E-state index in [4.69, 9.17) is 4.74 Å². The molecule has 0 aliphatic carbocycles. The molecule has 0 bridgehead atoms. The standard InChI is InChI=1S/C15H25N3O2S/c1-12(2)20-10-3-6-16-14(19)13-4-8-18(9-5-13)15-17-7-11-21-15/h7,11-13H,3-6,8-10H2,1-2H3,(H,16,19). The quantitative estimate of drug-likeness (QED) is 0.785. The summed E-state index contributed by atoms with van der Waals surface area (Å²) >= 11 is 1.66. The fourth-order valence-electron chi connectivity index (χ4n) is 2.45. The largest absolute Gasteiger partial charge is 0.379 e. The average molecular weight is 311 g/mol. The number of rotatable bonds is 7. The smallest absolute Gasteiger partial charge is 0.223 e. The maximum absolute atomic E-state index is 12.1. The molecular formula is C15H25N3O2S. The maximum Gasteiger partial charge on any atom is 0.223 e. The molecular weight excluding hydrogens is 286 g/mol. The molecule has 1 saturated heterocycles. The SMILES string of the molecule is CC(C)OCCCNC(=O)C1CCN(c2nccs2)CC1. The number of piperidine rings is 1. The van der Waals surface area contributed by atoms with Gasteiger partial charge in [0.1, 0.15) is 0 Å². The van der Waals surface area contributed by atoms with Gasteiger partial charge in [0.25, 0.3) is 0 Å². The number of ether oxygens (including phenoxy) is 1. The van der Waals surface area contributed by atoms with Gasteiger partial charge in [0.05, 0.1) is 6.10 Å². The van der Waals surface area contributed by atoms with E-state index in [1.807, 2.05) is 25.4 Å². The van der Waals surface area contributed by atoms with Crippen molar-refractivity contribution in [2.75, 3.05) is 31.1 Å². The number of aromatic nitrogens is 1. The predicted octanol–water partition coefficient (Wildman–Crippen LogP) is 2.29. The Morgan fingerprint density at radius 1 is 1.52 bits per heavy atom. The van der Waals surface area contributed by atoms with Crippen molar-refractivity contribution in [2.24, 2.45) is 5.92 Å². The van der Waals surface area contributed by atoms with Crippen LogP contribution in [0, 0.1) is 5.92 Å². The molecule has 21 heavy (non-hydrogen) atoms. The number of thiazole rings is 1. The molecule has 0 saturated carbocycles. The summed E-state index contributed by atoms with van der Waals surface area (Å²) in [6.07, 6.45) is 4.79. The Morgan fingerprint density at radius 3 is 2.90 bits per heavy atom. The van der Waals surface area contributed by atoms with Crippen LogP contribution in [0.5, 0.6) is 0 Å². The van der Waals surface area contributed by atoms with E-state index < -0.39 is 0 Å². The first kappa shape index (κ1) is 16.2. The van der Waals surface area contributed by atoms with Crippen LogP contribution in [0.25, 0.3) is 0 Å². The van der Waals surface area contributed by atoms with E-state index in [0.29, 0.717) is 13.2 Å². The molecule has 0 unspecified atom stereocenters. The summed E-state index contributed by atoms with van der Waals surface area (Å²) in [5.41, 5.74) is 0. The van der Waals surface area contributed by atoms with Crippen LogP contribution >= 0.6 is 11.3 Å². The van der Waals surface area contributed by atoms with Crippen LogP contribution in [0.3, 0.4) is 0 Å². The lowest BCUT2D eigenvalue weighted by molar-refractivity contribution is -0.125. The topological polar surface area (TPSA) is 54.5 Å². The Hall–Kier alpha value is -1.14. The third-order valence-corrected chi connectivity index (χ3v) is 4.46. The Morgan fingerprint density at radius 2 is 2.29 bits per heavy atom. The zero-order valence-electron chi connectivity index (χ0n) is 12.9. The van der Waals surface area contributed by atoms with Crippen molar-refractivity contribution in [3.8, 4) is 0 Å². The minimum Gasteiger partial charge on any atom is -0.379 e. The van der Waals surface area contributed by atoms with Crippen molar-refractivity contribution in [1.29, 1.82) is 0 Å². The zero-order valence-corrected chi connectivity index (χ0v) is 13.7. The molecule has 1 amide bonds. The van der Waals surface area contributed by atoms with Gasteiger partial charge in [-0.3, -0.25) is 4.79 Å². The highest BCUT2D eigenvalue weighted by molar-refractivity contribution is 7.13. The molecule has 5 nitrogen and oxygen atoms in total. The number of hydrogen-bond acceptors (Lipinski definition) is 5. The summed E-state index contributed by atoms with van der Waals surface area (Å²) in [6.45, 7) is 7.30. The van der Waals surface area contributed by atoms with Crippen molar-refractivity contribution in [2.45, 2.75) is 39.2 Å². The van der Waals surface area contributed by atoms with Gasteiger partial charge in [-0.15, -0.1) is 11.3 Å². The molecule has 1 aliphatic heterocycles. The molecule has 1 N–H and O–H groups in total. The predicted molar refractivity (Wildman–Crippen MR) is 85.8 cm³/mol. The van der Waals surface area contributed by atoms with E-state index in [0.717, 1.165) is 37.5 Å². The van der Waals surface area contributed by atoms with Gasteiger partial charge in [0.15, 0.2) is 5.13 Å². The molecule has 2 heterocycles. The van der Waals surface area contributed by atoms with Crippen molar-refractivity contribution in [3.05, 3.63) is 11.6 Å². The number of hydrogen-bond donors (Lipinski definition) is 1. The number of nitrogens with one attached hydrogen (secondary N) is 1. The lowest BCUT2D eigenvalue weighted by atomic mass is 9.96. The van der Waals surface area contributed by atoms with Crippen LogP contribution in [0.2, 0.25) is 0 Å². The first-order valence-electron chi connectivity index (χ1n) is 7.70. The molecule has 0 aromatic carbocycles. The highest BCUT2D eigenvalue weighted by Gasteiger charge is 2.25. The summed E-state index contributed by atoms with van der Waals surface area (Å²) < 4.78 is 5.46. The van der Waals surface area contributed by atoms with E-state index in [1.165, 1.54) is 0 Å². The first-order valence-corrected chi connectivity index (χ1v) is 8.58. The third-order valence-electron chi connectivity index (χ3n) is 3.63. The Bertz CT molecular complexity index is 415. The van der Waals surface area contributed by atoms with Gasteiger partial charge >= 0.3 is 0 Å². The molecule has 0 spiro atoms. The van der Waals surface area contributed by atoms with Gasteiger partial charge < -0.3 is 15.0 Å². The zero-order chi connectivity index (χ0) is 15.1. The fourth-order valence-corrected chi connectivity index (χ4v) is 3.15. The molecule has 0 atom stereocenters. The highest BCUT2D eigenvalue weighted by atomic mass is 32.1. The van der Waals surface area contributed by atoms with Gasteiger partial charge in [-0.2, -0.15) is 0 Å². The van der Waals surface area contributed by atoms with Gasteiger partial charge in [0.2, 0.25) is 5.91 Å². The van der Waals surface area contributed by atoms with E-state index in [9.17, 15) is 4.79 Å². The fraction of sp³-hybridized carbons (Fsp3) is 0.733. The molecule has 118 valence electrons. The summed E-state index contributed by atoms with van der Waals surface area (Å²) in [4.78, 5) is 18.7. The van der Waals surface area contributed by atoms with E-state index in [-0.39, 0.29) is 17.9 Å². The summed E-state index contributed by atoms with van der Waals surface area (Å²) in [5, 5.41) is 6.09. The lowest BCUT2D eigenvalue weighted by Crippen LogP contribution is -2.40. The van der Waals surface area contributed by atoms with E-state index >= 15 is 0 Å². The molecule has 1 aromatic heterocycles. The minimum absolute atomic E-state index is 0.146. The van der Waals surface area contributed by atoms with Gasteiger partial charge in [-0.25, -0.2) is 4.98 Å². The van der Waals surface area contributed by atoms with Crippen LogP contribution < -0.4 is 10.2 Å². The number of nitrogens with zero attached hydrogens (tertiary/aromatic N) is 2. The van der Waals surface area contributed by atoms with Crippen LogP contribution in [0.4, 0.5) is 5.13 Å². The monoisotopic (exact) mass is 311 g/mol. The van der Waals surface area contributed by atoms with Crippen molar-refractivity contribution in [3.63, 3.8) is 0 Å². The number of anilines is 1. The average Bonchev–Trinajstić information content (AvgIpc) is 3.01. The summed E-state index contributed by atoms with van der Waals surface area (Å²) in [6, 6.07) is 0. The van der Waals surface area contributed by atoms with Crippen LogP contribution in [-0.4, -0.2) is 43.2 Å². The van der Waals surface area contributed by atoms with Gasteiger partial charge in [0, 0.05) is 43.7 Å². The number of carbonyl (C=O) groups is 1. The van der Waals surface area contributed by atoms with Gasteiger partial charge in [-0.1, -0.05) is 0 Å².